The Morgan fingerprint density at radius 3 is 1.86 bits per heavy atom. The van der Waals surface area contributed by atoms with Crippen LogP contribution in [0.3, 0.4) is 0 Å². The smallest absolute Gasteiger partial charge is 0.326 e. The maximum atomic E-state index is 12.0. The fourth-order valence-electron chi connectivity index (χ4n) is 2.48. The van der Waals surface area contributed by atoms with Gasteiger partial charge >= 0.3 is 23.9 Å². The largest absolute Gasteiger partial charge is 0.481 e. The molecule has 0 heterocycles. The highest BCUT2D eigenvalue weighted by Crippen LogP contribution is 2.16. The average Bonchev–Trinajstić information content (AvgIpc) is 2.57. The number of anilines is 1. The Bertz CT molecular complexity index is 741. The second-order valence-electron chi connectivity index (χ2n) is 7.61. The number of carbonyl (C=O) groups is 4. The summed E-state index contributed by atoms with van der Waals surface area (Å²) >= 11 is 0. The van der Waals surface area contributed by atoms with Gasteiger partial charge in [-0.25, -0.2) is 14.4 Å². The molecule has 10 nitrogen and oxygen atoms in total. The number of aliphatic carboxylic acids is 3. The average molecular weight is 409 g/mol. The molecule has 0 saturated carbocycles. The van der Waals surface area contributed by atoms with E-state index in [0.29, 0.717) is 5.56 Å². The van der Waals surface area contributed by atoms with Crippen LogP contribution in [0.2, 0.25) is 0 Å². The molecule has 10 heteroatoms. The molecule has 29 heavy (non-hydrogen) atoms. The number of amides is 2. The summed E-state index contributed by atoms with van der Waals surface area (Å²) in [4.78, 5) is 45.2. The van der Waals surface area contributed by atoms with Crippen molar-refractivity contribution in [1.82, 2.24) is 10.6 Å². The number of hydrogen-bond acceptors (Lipinski definition) is 5. The molecule has 2 atom stereocenters. The summed E-state index contributed by atoms with van der Waals surface area (Å²) in [6, 6.07) is 3.33. The van der Waals surface area contributed by atoms with E-state index >= 15 is 0 Å². The zero-order valence-corrected chi connectivity index (χ0v) is 16.6. The van der Waals surface area contributed by atoms with Gasteiger partial charge in [0, 0.05) is 24.1 Å². The molecule has 0 aromatic heterocycles. The van der Waals surface area contributed by atoms with E-state index in [1.807, 2.05) is 20.8 Å². The molecule has 1 rings (SSSR count). The van der Waals surface area contributed by atoms with Gasteiger partial charge in [-0.2, -0.15) is 0 Å². The van der Waals surface area contributed by atoms with Gasteiger partial charge in [0.2, 0.25) is 0 Å². The molecule has 0 spiro atoms. The van der Waals surface area contributed by atoms with Gasteiger partial charge in [0.25, 0.3) is 0 Å². The molecule has 1 aromatic carbocycles. The summed E-state index contributed by atoms with van der Waals surface area (Å²) in [6.07, 6.45) is -0.780. The van der Waals surface area contributed by atoms with Gasteiger partial charge in [0.05, 0.1) is 0 Å². The van der Waals surface area contributed by atoms with Gasteiger partial charge < -0.3 is 31.3 Å². The summed E-state index contributed by atoms with van der Waals surface area (Å²) < 4.78 is 0. The van der Waals surface area contributed by atoms with Crippen molar-refractivity contribution in [2.75, 3.05) is 5.32 Å². The van der Waals surface area contributed by atoms with Crippen molar-refractivity contribution in [1.29, 1.82) is 0 Å². The Hall–Kier alpha value is -3.30. The Labute approximate surface area is 168 Å². The number of hydrogen-bond donors (Lipinski definition) is 6. The zero-order chi connectivity index (χ0) is 22.2. The van der Waals surface area contributed by atoms with E-state index in [1.54, 1.807) is 24.3 Å². The first-order valence-electron chi connectivity index (χ1n) is 8.99. The van der Waals surface area contributed by atoms with Crippen LogP contribution in [0.4, 0.5) is 10.5 Å². The topological polar surface area (TPSA) is 165 Å². The predicted octanol–water partition coefficient (Wildman–Crippen LogP) is 1.51. The fourth-order valence-corrected chi connectivity index (χ4v) is 2.48. The number of rotatable bonds is 10. The zero-order valence-electron chi connectivity index (χ0n) is 16.6. The molecule has 2 amide bonds. The van der Waals surface area contributed by atoms with Gasteiger partial charge in [-0.1, -0.05) is 12.1 Å². The lowest BCUT2D eigenvalue weighted by Gasteiger charge is -2.22. The highest BCUT2D eigenvalue weighted by Gasteiger charge is 2.25. The van der Waals surface area contributed by atoms with Crippen LogP contribution >= 0.6 is 0 Å². The Balaban J connectivity index is 2.72. The van der Waals surface area contributed by atoms with Crippen molar-refractivity contribution in [3.63, 3.8) is 0 Å². The summed E-state index contributed by atoms with van der Waals surface area (Å²) in [6.45, 7) is 6.01. The molecule has 0 saturated heterocycles. The van der Waals surface area contributed by atoms with E-state index in [1.165, 1.54) is 0 Å². The highest BCUT2D eigenvalue weighted by atomic mass is 16.4. The van der Waals surface area contributed by atoms with Crippen LogP contribution in [0.15, 0.2) is 24.3 Å². The van der Waals surface area contributed by atoms with Crippen molar-refractivity contribution in [3.05, 3.63) is 29.8 Å². The summed E-state index contributed by atoms with van der Waals surface area (Å²) in [5.41, 5.74) is 1.39. The summed E-state index contributed by atoms with van der Waals surface area (Å²) in [5, 5.41) is 34.6. The molecule has 0 aliphatic heterocycles. The van der Waals surface area contributed by atoms with Crippen molar-refractivity contribution in [3.8, 4) is 0 Å². The van der Waals surface area contributed by atoms with Crippen LogP contribution in [0.1, 0.15) is 39.2 Å². The van der Waals surface area contributed by atoms with Gasteiger partial charge in [-0.3, -0.25) is 4.79 Å². The number of nitrogens with one attached hydrogen (secondary N) is 3. The van der Waals surface area contributed by atoms with Crippen LogP contribution in [0, 0.1) is 0 Å². The molecule has 0 fully saturated rings. The number of carboxylic acid groups (broad SMARTS) is 3. The second kappa shape index (κ2) is 10.3. The van der Waals surface area contributed by atoms with Crippen LogP contribution in [0.25, 0.3) is 0 Å². The lowest BCUT2D eigenvalue weighted by atomic mass is 10.0. The Morgan fingerprint density at radius 1 is 0.897 bits per heavy atom. The van der Waals surface area contributed by atoms with E-state index in [2.05, 4.69) is 16.0 Å². The van der Waals surface area contributed by atoms with E-state index in [9.17, 15) is 24.3 Å². The maximum Gasteiger partial charge on any atom is 0.326 e. The molecule has 0 aliphatic rings. The molecule has 0 radical (unpaired) electrons. The molecule has 6 N–H and O–H groups in total. The van der Waals surface area contributed by atoms with Crippen LogP contribution in [0.5, 0.6) is 0 Å². The standard InChI is InChI=1S/C19H27N3O7/c1-19(2,3)22-12-6-4-11(5-7-12)10-14(17(27)28)21-18(29)20-13(16(25)26)8-9-15(23)24/h4-7,13-14,22H,8-10H2,1-3H3,(H,23,24)(H,25,26)(H,27,28)(H2,20,21,29)/t13-,14-/m0/s1. The lowest BCUT2D eigenvalue weighted by molar-refractivity contribution is -0.140. The van der Waals surface area contributed by atoms with Crippen LogP contribution < -0.4 is 16.0 Å². The van der Waals surface area contributed by atoms with Crippen molar-refractivity contribution in [2.45, 2.75) is 57.7 Å². The van der Waals surface area contributed by atoms with Gasteiger partial charge in [0.15, 0.2) is 0 Å². The van der Waals surface area contributed by atoms with E-state index in [0.717, 1.165) is 5.69 Å². The first-order chi connectivity index (χ1) is 13.4. The monoisotopic (exact) mass is 409 g/mol. The highest BCUT2D eigenvalue weighted by molar-refractivity contribution is 5.86. The van der Waals surface area contributed by atoms with Gasteiger partial charge in [0.1, 0.15) is 12.1 Å². The quantitative estimate of drug-likeness (QED) is 0.338. The van der Waals surface area contributed by atoms with E-state index in [4.69, 9.17) is 10.2 Å². The maximum absolute atomic E-state index is 12.0. The van der Waals surface area contributed by atoms with Gasteiger partial charge in [-0.05, 0) is 44.9 Å². The molecule has 0 aliphatic carbocycles. The van der Waals surface area contributed by atoms with Crippen LogP contribution in [-0.4, -0.2) is 56.9 Å². The Morgan fingerprint density at radius 2 is 1.41 bits per heavy atom. The second-order valence-corrected chi connectivity index (χ2v) is 7.61. The molecular weight excluding hydrogens is 382 g/mol. The number of urea groups is 1. The van der Waals surface area contributed by atoms with Crippen molar-refractivity contribution < 1.29 is 34.5 Å². The SMILES string of the molecule is CC(C)(C)Nc1ccc(C[C@H](NC(=O)N[C@@H](CCC(=O)O)C(=O)O)C(=O)O)cc1. The minimum absolute atomic E-state index is 0.00852. The molecule has 0 bridgehead atoms. The van der Waals surface area contributed by atoms with E-state index < -0.39 is 42.4 Å². The predicted molar refractivity (Wildman–Crippen MR) is 105 cm³/mol. The van der Waals surface area contributed by atoms with E-state index in [-0.39, 0.29) is 18.4 Å². The van der Waals surface area contributed by atoms with Crippen LogP contribution in [-0.2, 0) is 20.8 Å². The number of benzene rings is 1. The minimum atomic E-state index is -1.44. The molecular formula is C19H27N3O7. The third kappa shape index (κ3) is 9.45. The normalized spacial score (nSPS) is 13.1. The first-order valence-corrected chi connectivity index (χ1v) is 8.99. The van der Waals surface area contributed by atoms with Crippen molar-refractivity contribution in [2.24, 2.45) is 0 Å². The molecule has 0 unspecified atom stereocenters. The summed E-state index contributed by atoms with van der Waals surface area (Å²) in [7, 11) is 0. The number of carbonyl (C=O) groups excluding carboxylic acids is 1. The Kier molecular flexibility index (Phi) is 8.43. The first kappa shape index (κ1) is 23.7. The lowest BCUT2D eigenvalue weighted by Crippen LogP contribution is -2.51. The summed E-state index contributed by atoms with van der Waals surface area (Å²) in [5.74, 6) is -3.89. The number of carboxylic acids is 3. The molecule has 1 aromatic rings. The molecule has 160 valence electrons. The van der Waals surface area contributed by atoms with Gasteiger partial charge in [-0.15, -0.1) is 0 Å². The third-order valence-corrected chi connectivity index (χ3v) is 3.77. The van der Waals surface area contributed by atoms with Crippen molar-refractivity contribution >= 4 is 29.6 Å². The fraction of sp³-hybridized carbons (Fsp3) is 0.474. The minimum Gasteiger partial charge on any atom is -0.481 e. The third-order valence-electron chi connectivity index (χ3n) is 3.77.